The summed E-state index contributed by atoms with van der Waals surface area (Å²) in [6.07, 6.45) is 6.54. The third-order valence-corrected chi connectivity index (χ3v) is 2.67. The molecule has 1 aliphatic rings. The molecule has 1 aromatic rings. The zero-order chi connectivity index (χ0) is 9.97. The highest BCUT2D eigenvalue weighted by Gasteiger charge is 2.22. The molecule has 4 nitrogen and oxygen atoms in total. The van der Waals surface area contributed by atoms with Gasteiger partial charge in [0.25, 0.3) is 0 Å². The van der Waals surface area contributed by atoms with Crippen LogP contribution in [-0.4, -0.2) is 21.7 Å². The van der Waals surface area contributed by atoms with Gasteiger partial charge in [-0.15, -0.1) is 0 Å². The Morgan fingerprint density at radius 3 is 3.07 bits per heavy atom. The largest absolute Gasteiger partial charge is 0.353 e. The SMILES string of the molecule is O=C(CCn1cc(I)cn1)NC1CC1. The van der Waals surface area contributed by atoms with Gasteiger partial charge >= 0.3 is 0 Å². The number of carbonyl (C=O) groups excluding carboxylic acids is 1. The normalized spacial score (nSPS) is 15.5. The van der Waals surface area contributed by atoms with E-state index in [9.17, 15) is 4.79 Å². The van der Waals surface area contributed by atoms with Crippen LogP contribution in [0.4, 0.5) is 0 Å². The Labute approximate surface area is 96.2 Å². The number of hydrogen-bond donors (Lipinski definition) is 1. The number of hydrogen-bond acceptors (Lipinski definition) is 2. The van der Waals surface area contributed by atoms with Gasteiger partial charge in [-0.3, -0.25) is 9.48 Å². The fourth-order valence-corrected chi connectivity index (χ4v) is 1.65. The van der Waals surface area contributed by atoms with Crippen molar-refractivity contribution in [3.05, 3.63) is 16.0 Å². The Morgan fingerprint density at radius 2 is 2.50 bits per heavy atom. The maximum atomic E-state index is 11.3. The molecule has 0 saturated heterocycles. The van der Waals surface area contributed by atoms with Crippen LogP contribution in [0.3, 0.4) is 0 Å². The Kier molecular flexibility index (Phi) is 3.05. The lowest BCUT2D eigenvalue weighted by Gasteiger charge is -2.02. The van der Waals surface area contributed by atoms with Gasteiger partial charge in [0.2, 0.25) is 5.91 Å². The van der Waals surface area contributed by atoms with Gasteiger partial charge in [0, 0.05) is 25.2 Å². The van der Waals surface area contributed by atoms with E-state index in [0.29, 0.717) is 19.0 Å². The molecule has 1 heterocycles. The minimum atomic E-state index is 0.137. The molecule has 14 heavy (non-hydrogen) atoms. The summed E-state index contributed by atoms with van der Waals surface area (Å²) < 4.78 is 2.90. The molecule has 5 heteroatoms. The van der Waals surface area contributed by atoms with E-state index in [1.807, 2.05) is 6.20 Å². The van der Waals surface area contributed by atoms with Gasteiger partial charge in [-0.2, -0.15) is 5.10 Å². The van der Waals surface area contributed by atoms with Crippen LogP contribution < -0.4 is 5.32 Å². The lowest BCUT2D eigenvalue weighted by atomic mass is 10.4. The summed E-state index contributed by atoms with van der Waals surface area (Å²) in [5, 5.41) is 7.06. The maximum absolute atomic E-state index is 11.3. The summed E-state index contributed by atoms with van der Waals surface area (Å²) in [6, 6.07) is 0.459. The Bertz CT molecular complexity index is 333. The minimum Gasteiger partial charge on any atom is -0.353 e. The Morgan fingerprint density at radius 1 is 1.71 bits per heavy atom. The summed E-state index contributed by atoms with van der Waals surface area (Å²) in [5.74, 6) is 0.137. The molecule has 1 saturated carbocycles. The summed E-state index contributed by atoms with van der Waals surface area (Å²) in [7, 11) is 0. The highest BCUT2D eigenvalue weighted by atomic mass is 127. The molecule has 0 aliphatic heterocycles. The lowest BCUT2D eigenvalue weighted by molar-refractivity contribution is -0.121. The molecule has 76 valence electrons. The molecule has 0 radical (unpaired) electrons. The van der Waals surface area contributed by atoms with Crippen LogP contribution in [0.1, 0.15) is 19.3 Å². The number of carbonyl (C=O) groups is 1. The average molecular weight is 305 g/mol. The van der Waals surface area contributed by atoms with E-state index in [1.54, 1.807) is 10.9 Å². The van der Waals surface area contributed by atoms with Gasteiger partial charge in [0.1, 0.15) is 0 Å². The van der Waals surface area contributed by atoms with Crippen molar-refractivity contribution < 1.29 is 4.79 Å². The van der Waals surface area contributed by atoms with E-state index in [0.717, 1.165) is 16.4 Å². The Balaban J connectivity index is 1.73. The maximum Gasteiger partial charge on any atom is 0.222 e. The van der Waals surface area contributed by atoms with Crippen molar-refractivity contribution >= 4 is 28.5 Å². The van der Waals surface area contributed by atoms with Crippen LogP contribution in [0, 0.1) is 3.57 Å². The van der Waals surface area contributed by atoms with E-state index in [-0.39, 0.29) is 5.91 Å². The number of nitrogens with one attached hydrogen (secondary N) is 1. The molecule has 1 N–H and O–H groups in total. The number of amides is 1. The number of nitrogens with zero attached hydrogens (tertiary/aromatic N) is 2. The molecule has 1 fully saturated rings. The first-order valence-corrected chi connectivity index (χ1v) is 5.79. The van der Waals surface area contributed by atoms with Crippen molar-refractivity contribution in [2.24, 2.45) is 0 Å². The first-order valence-electron chi connectivity index (χ1n) is 4.71. The number of aromatic nitrogens is 2. The van der Waals surface area contributed by atoms with Crippen LogP contribution in [0.5, 0.6) is 0 Å². The van der Waals surface area contributed by atoms with Crippen LogP contribution in [-0.2, 0) is 11.3 Å². The first kappa shape index (κ1) is 9.95. The van der Waals surface area contributed by atoms with Gasteiger partial charge < -0.3 is 5.32 Å². The van der Waals surface area contributed by atoms with Crippen molar-refractivity contribution in [2.45, 2.75) is 31.8 Å². The quantitative estimate of drug-likeness (QED) is 0.849. The highest BCUT2D eigenvalue weighted by molar-refractivity contribution is 14.1. The van der Waals surface area contributed by atoms with E-state index >= 15 is 0 Å². The zero-order valence-corrected chi connectivity index (χ0v) is 9.90. The van der Waals surface area contributed by atoms with Gasteiger partial charge in [-0.1, -0.05) is 0 Å². The fraction of sp³-hybridized carbons (Fsp3) is 0.556. The molecular weight excluding hydrogens is 293 g/mol. The predicted octanol–water partition coefficient (Wildman–Crippen LogP) is 1.16. The van der Waals surface area contributed by atoms with Gasteiger partial charge in [0.05, 0.1) is 9.77 Å². The van der Waals surface area contributed by atoms with Crippen LogP contribution in [0.2, 0.25) is 0 Å². The molecule has 2 rings (SSSR count). The molecule has 0 bridgehead atoms. The molecule has 0 aromatic carbocycles. The highest BCUT2D eigenvalue weighted by Crippen LogP contribution is 2.18. The predicted molar refractivity (Wildman–Crippen MR) is 60.7 cm³/mol. The standard InChI is InChI=1S/C9H12IN3O/c10-7-5-11-13(6-7)4-3-9(14)12-8-1-2-8/h5-6,8H,1-4H2,(H,12,14). The van der Waals surface area contributed by atoms with Crippen molar-refractivity contribution in [2.75, 3.05) is 0 Å². The average Bonchev–Trinajstić information content (AvgIpc) is 2.85. The number of halogens is 1. The summed E-state index contributed by atoms with van der Waals surface area (Å²) in [4.78, 5) is 11.3. The monoisotopic (exact) mass is 305 g/mol. The Hall–Kier alpha value is -0.590. The van der Waals surface area contributed by atoms with E-state index < -0.39 is 0 Å². The molecule has 0 unspecified atom stereocenters. The minimum absolute atomic E-state index is 0.137. The second-order valence-corrected chi connectivity index (χ2v) is 4.76. The van der Waals surface area contributed by atoms with E-state index in [2.05, 4.69) is 33.0 Å². The molecular formula is C9H12IN3O. The molecule has 0 atom stereocenters. The van der Waals surface area contributed by atoms with Crippen LogP contribution in [0.15, 0.2) is 12.4 Å². The molecule has 1 amide bonds. The van der Waals surface area contributed by atoms with Crippen molar-refractivity contribution in [3.63, 3.8) is 0 Å². The summed E-state index contributed by atoms with van der Waals surface area (Å²) >= 11 is 2.20. The second kappa shape index (κ2) is 4.29. The van der Waals surface area contributed by atoms with Crippen molar-refractivity contribution in [1.82, 2.24) is 15.1 Å². The number of rotatable bonds is 4. The van der Waals surface area contributed by atoms with Crippen molar-refractivity contribution in [3.8, 4) is 0 Å². The molecule has 0 spiro atoms. The van der Waals surface area contributed by atoms with Crippen LogP contribution >= 0.6 is 22.6 Å². The van der Waals surface area contributed by atoms with Crippen LogP contribution in [0.25, 0.3) is 0 Å². The third kappa shape index (κ3) is 2.97. The van der Waals surface area contributed by atoms with E-state index in [4.69, 9.17) is 0 Å². The number of aryl methyl sites for hydroxylation is 1. The summed E-state index contributed by atoms with van der Waals surface area (Å²) in [5.41, 5.74) is 0. The fourth-order valence-electron chi connectivity index (χ4n) is 1.20. The molecule has 1 aliphatic carbocycles. The van der Waals surface area contributed by atoms with Gasteiger partial charge in [-0.25, -0.2) is 0 Å². The zero-order valence-electron chi connectivity index (χ0n) is 7.74. The van der Waals surface area contributed by atoms with Gasteiger partial charge in [0.15, 0.2) is 0 Å². The second-order valence-electron chi connectivity index (χ2n) is 3.51. The molecule has 1 aromatic heterocycles. The van der Waals surface area contributed by atoms with E-state index in [1.165, 1.54) is 0 Å². The van der Waals surface area contributed by atoms with Crippen molar-refractivity contribution in [1.29, 1.82) is 0 Å². The topological polar surface area (TPSA) is 46.9 Å². The third-order valence-electron chi connectivity index (χ3n) is 2.11. The van der Waals surface area contributed by atoms with Gasteiger partial charge in [-0.05, 0) is 35.4 Å². The first-order chi connectivity index (χ1) is 6.74. The smallest absolute Gasteiger partial charge is 0.222 e. The summed E-state index contributed by atoms with van der Waals surface area (Å²) in [6.45, 7) is 0.668. The lowest BCUT2D eigenvalue weighted by Crippen LogP contribution is -2.26.